The summed E-state index contributed by atoms with van der Waals surface area (Å²) in [6.45, 7) is 0.885. The van der Waals surface area contributed by atoms with Gasteiger partial charge in [0, 0.05) is 6.20 Å². The van der Waals surface area contributed by atoms with E-state index in [2.05, 4.69) is 15.3 Å². The van der Waals surface area contributed by atoms with Crippen LogP contribution in [-0.4, -0.2) is 20.4 Å². The first-order valence-corrected chi connectivity index (χ1v) is 7.96. The topological polar surface area (TPSA) is 73.0 Å². The lowest BCUT2D eigenvalue weighted by Crippen LogP contribution is -2.22. The highest BCUT2D eigenvalue weighted by Crippen LogP contribution is 2.15. The largest absolute Gasteiger partial charge is 0.454 e. The monoisotopic (exact) mass is 332 g/mol. The van der Waals surface area contributed by atoms with Crippen LogP contribution in [0.5, 0.6) is 0 Å². The number of para-hydroxylation sites is 2. The van der Waals surface area contributed by atoms with E-state index in [-0.39, 0.29) is 11.7 Å². The fraction of sp³-hybridized carbons (Fsp3) is 0.105. The molecule has 0 bridgehead atoms. The molecule has 1 aromatic carbocycles. The van der Waals surface area contributed by atoms with Gasteiger partial charge >= 0.3 is 0 Å². The van der Waals surface area contributed by atoms with E-state index in [0.717, 1.165) is 16.7 Å². The van der Waals surface area contributed by atoms with Gasteiger partial charge in [0.2, 0.25) is 0 Å². The highest BCUT2D eigenvalue weighted by molar-refractivity contribution is 5.91. The molecule has 0 atom stereocenters. The van der Waals surface area contributed by atoms with Crippen LogP contribution in [0.3, 0.4) is 0 Å². The molecule has 6 nitrogen and oxygen atoms in total. The molecule has 0 aliphatic heterocycles. The molecule has 4 rings (SSSR count). The zero-order chi connectivity index (χ0) is 17.1. The summed E-state index contributed by atoms with van der Waals surface area (Å²) in [7, 11) is 0. The molecule has 0 unspecified atom stereocenters. The molecule has 6 heteroatoms. The summed E-state index contributed by atoms with van der Waals surface area (Å²) in [5.74, 6) is 0.730. The van der Waals surface area contributed by atoms with Crippen molar-refractivity contribution in [1.29, 1.82) is 0 Å². The predicted molar refractivity (Wildman–Crippen MR) is 93.0 cm³/mol. The Morgan fingerprint density at radius 2 is 1.92 bits per heavy atom. The van der Waals surface area contributed by atoms with Gasteiger partial charge in [-0.05, 0) is 36.4 Å². The average Bonchev–Trinajstić information content (AvgIpc) is 3.29. The van der Waals surface area contributed by atoms with E-state index in [1.165, 1.54) is 0 Å². The Morgan fingerprint density at radius 1 is 1.04 bits per heavy atom. The van der Waals surface area contributed by atoms with Crippen LogP contribution >= 0.6 is 0 Å². The third-order valence-corrected chi connectivity index (χ3v) is 3.90. The van der Waals surface area contributed by atoms with Crippen LogP contribution in [0.25, 0.3) is 11.0 Å². The minimum absolute atomic E-state index is 0.257. The number of nitrogens with zero attached hydrogens (tertiary/aromatic N) is 3. The molecule has 3 aromatic heterocycles. The lowest BCUT2D eigenvalue weighted by atomic mass is 10.3. The van der Waals surface area contributed by atoms with Crippen molar-refractivity contribution in [3.8, 4) is 0 Å². The lowest BCUT2D eigenvalue weighted by Gasteiger charge is -2.03. The van der Waals surface area contributed by atoms with E-state index < -0.39 is 0 Å². The number of nitrogens with one attached hydrogen (secondary N) is 1. The number of amides is 1. The van der Waals surface area contributed by atoms with Crippen molar-refractivity contribution in [2.24, 2.45) is 0 Å². The second-order valence-corrected chi connectivity index (χ2v) is 5.63. The number of fused-ring (bicyclic) bond motifs is 1. The minimum atomic E-state index is -0.257. The van der Waals surface area contributed by atoms with Crippen molar-refractivity contribution in [1.82, 2.24) is 19.9 Å². The Kier molecular flexibility index (Phi) is 4.00. The Bertz CT molecular complexity index is 1000. The van der Waals surface area contributed by atoms with Crippen molar-refractivity contribution in [3.05, 3.63) is 84.3 Å². The van der Waals surface area contributed by atoms with Gasteiger partial charge in [0.25, 0.3) is 5.91 Å². The number of pyridine rings is 1. The number of imidazole rings is 1. The zero-order valence-corrected chi connectivity index (χ0v) is 13.4. The smallest absolute Gasteiger partial charge is 0.287 e. The average molecular weight is 332 g/mol. The Hall–Kier alpha value is -3.41. The van der Waals surface area contributed by atoms with Crippen LogP contribution in [0.1, 0.15) is 22.0 Å². The number of benzene rings is 1. The van der Waals surface area contributed by atoms with Crippen LogP contribution in [0.15, 0.2) is 71.5 Å². The Balaban J connectivity index is 1.44. The first-order chi connectivity index (χ1) is 12.3. The van der Waals surface area contributed by atoms with Gasteiger partial charge in [0.05, 0.1) is 36.1 Å². The fourth-order valence-electron chi connectivity index (χ4n) is 2.65. The molecule has 0 spiro atoms. The molecule has 3 heterocycles. The third kappa shape index (κ3) is 3.28. The van der Waals surface area contributed by atoms with Crippen molar-refractivity contribution in [3.63, 3.8) is 0 Å². The number of aromatic nitrogens is 3. The molecular weight excluding hydrogens is 316 g/mol. The summed E-state index contributed by atoms with van der Waals surface area (Å²) in [5.41, 5.74) is 2.76. The van der Waals surface area contributed by atoms with Gasteiger partial charge in [-0.15, -0.1) is 0 Å². The lowest BCUT2D eigenvalue weighted by molar-refractivity contribution is 0.0920. The first-order valence-electron chi connectivity index (χ1n) is 7.96. The van der Waals surface area contributed by atoms with Crippen LogP contribution in [-0.2, 0) is 13.1 Å². The molecular formula is C19H16N4O2. The molecule has 0 fully saturated rings. The highest BCUT2D eigenvalue weighted by Gasteiger charge is 2.12. The van der Waals surface area contributed by atoms with Crippen molar-refractivity contribution >= 4 is 16.9 Å². The zero-order valence-electron chi connectivity index (χ0n) is 13.4. The second-order valence-electron chi connectivity index (χ2n) is 5.63. The molecule has 124 valence electrons. The minimum Gasteiger partial charge on any atom is -0.454 e. The summed E-state index contributed by atoms with van der Waals surface area (Å²) >= 11 is 0. The molecule has 0 saturated carbocycles. The van der Waals surface area contributed by atoms with Crippen LogP contribution in [0.2, 0.25) is 0 Å². The standard InChI is InChI=1S/C19H16N4O2/c24-19(21-11-14-5-3-4-10-20-14)18-9-8-15(25-18)12-23-13-22-16-6-1-2-7-17(16)23/h1-10,13H,11-12H2,(H,21,24). The van der Waals surface area contributed by atoms with Gasteiger partial charge in [-0.3, -0.25) is 9.78 Å². The van der Waals surface area contributed by atoms with E-state index >= 15 is 0 Å². The molecule has 0 saturated heterocycles. The molecule has 1 amide bonds. The SMILES string of the molecule is O=C(NCc1ccccn1)c1ccc(Cn2cnc3ccccc32)o1. The Labute approximate surface area is 144 Å². The molecule has 1 N–H and O–H groups in total. The number of carbonyl (C=O) groups excluding carboxylic acids is 1. The van der Waals surface area contributed by atoms with E-state index in [9.17, 15) is 4.79 Å². The van der Waals surface area contributed by atoms with E-state index in [4.69, 9.17) is 4.42 Å². The van der Waals surface area contributed by atoms with Gasteiger partial charge in [-0.2, -0.15) is 0 Å². The van der Waals surface area contributed by atoms with Gasteiger partial charge < -0.3 is 14.3 Å². The molecule has 25 heavy (non-hydrogen) atoms. The summed E-state index contributed by atoms with van der Waals surface area (Å²) in [6.07, 6.45) is 3.47. The number of rotatable bonds is 5. The van der Waals surface area contributed by atoms with Gasteiger partial charge in [0.1, 0.15) is 5.76 Å². The summed E-state index contributed by atoms with van der Waals surface area (Å²) in [6, 6.07) is 17.0. The van der Waals surface area contributed by atoms with Crippen LogP contribution < -0.4 is 5.32 Å². The van der Waals surface area contributed by atoms with E-state index in [1.54, 1.807) is 18.6 Å². The maximum absolute atomic E-state index is 12.2. The molecule has 0 radical (unpaired) electrons. The van der Waals surface area contributed by atoms with E-state index in [1.807, 2.05) is 53.1 Å². The number of carbonyl (C=O) groups is 1. The Morgan fingerprint density at radius 3 is 2.80 bits per heavy atom. The molecule has 0 aliphatic rings. The number of hydrogen-bond donors (Lipinski definition) is 1. The highest BCUT2D eigenvalue weighted by atomic mass is 16.4. The van der Waals surface area contributed by atoms with Crippen molar-refractivity contribution < 1.29 is 9.21 Å². The summed E-state index contributed by atoms with van der Waals surface area (Å²) in [4.78, 5) is 20.7. The predicted octanol–water partition coefficient (Wildman–Crippen LogP) is 3.00. The molecule has 0 aliphatic carbocycles. The van der Waals surface area contributed by atoms with Gasteiger partial charge in [-0.25, -0.2) is 4.98 Å². The van der Waals surface area contributed by atoms with Crippen LogP contribution in [0.4, 0.5) is 0 Å². The fourth-order valence-corrected chi connectivity index (χ4v) is 2.65. The maximum Gasteiger partial charge on any atom is 0.287 e. The van der Waals surface area contributed by atoms with Crippen LogP contribution in [0, 0.1) is 0 Å². The first kappa shape index (κ1) is 15.1. The van der Waals surface area contributed by atoms with Gasteiger partial charge in [0.15, 0.2) is 5.76 Å². The van der Waals surface area contributed by atoms with Gasteiger partial charge in [-0.1, -0.05) is 18.2 Å². The summed E-state index contributed by atoms with van der Waals surface area (Å²) in [5, 5.41) is 2.80. The maximum atomic E-state index is 12.2. The molecule has 4 aromatic rings. The quantitative estimate of drug-likeness (QED) is 0.610. The van der Waals surface area contributed by atoms with Crippen molar-refractivity contribution in [2.45, 2.75) is 13.1 Å². The normalized spacial score (nSPS) is 10.9. The summed E-state index contributed by atoms with van der Waals surface area (Å²) < 4.78 is 7.66. The number of hydrogen-bond acceptors (Lipinski definition) is 4. The number of furan rings is 1. The van der Waals surface area contributed by atoms with Crippen molar-refractivity contribution in [2.75, 3.05) is 0 Å². The third-order valence-electron chi connectivity index (χ3n) is 3.90. The second kappa shape index (κ2) is 6.60. The van der Waals surface area contributed by atoms with E-state index in [0.29, 0.717) is 18.8 Å².